The number of rotatable bonds is 1. The van der Waals surface area contributed by atoms with E-state index < -0.39 is 0 Å². The zero-order chi connectivity index (χ0) is 10.7. The van der Waals surface area contributed by atoms with Crippen LogP contribution in [-0.4, -0.2) is 9.97 Å². The Balaban J connectivity index is 2.27. The number of hydrogen-bond acceptors (Lipinski definition) is 2. The first-order chi connectivity index (χ1) is 7.27. The Bertz CT molecular complexity index is 331. The second-order valence-electron chi connectivity index (χ2n) is 4.76. The van der Waals surface area contributed by atoms with Crippen molar-refractivity contribution >= 4 is 0 Å². The van der Waals surface area contributed by atoms with E-state index in [1.165, 1.54) is 37.1 Å². The second kappa shape index (κ2) is 4.73. The van der Waals surface area contributed by atoms with Crippen LogP contribution in [0.1, 0.15) is 62.5 Å². The topological polar surface area (TPSA) is 25.8 Å². The first-order valence-corrected chi connectivity index (χ1v) is 6.12. The largest absolute Gasteiger partial charge is 0.257 e. The summed E-state index contributed by atoms with van der Waals surface area (Å²) in [6, 6.07) is 0. The van der Waals surface area contributed by atoms with Gasteiger partial charge in [0.15, 0.2) is 0 Å². The summed E-state index contributed by atoms with van der Waals surface area (Å²) in [6.07, 6.45) is 9.49. The van der Waals surface area contributed by atoms with Gasteiger partial charge in [-0.1, -0.05) is 26.7 Å². The average Bonchev–Trinajstić information content (AvgIpc) is 2.18. The molecule has 0 spiro atoms. The standard InChI is InChI=1S/C13H20N2/c1-10(2)13-9-14-11-7-5-3-4-6-8-12(11)15-13/h9-10H,3-8H2,1-2H3. The molecule has 0 atom stereocenters. The predicted molar refractivity (Wildman–Crippen MR) is 62.0 cm³/mol. The molecule has 0 radical (unpaired) electrons. The lowest BCUT2D eigenvalue weighted by Crippen LogP contribution is -2.08. The van der Waals surface area contributed by atoms with Crippen LogP contribution >= 0.6 is 0 Å². The number of hydrogen-bond donors (Lipinski definition) is 0. The molecule has 0 aromatic carbocycles. The Labute approximate surface area is 92.1 Å². The second-order valence-corrected chi connectivity index (χ2v) is 4.76. The minimum absolute atomic E-state index is 0.494. The highest BCUT2D eigenvalue weighted by molar-refractivity contribution is 5.16. The van der Waals surface area contributed by atoms with Crippen molar-refractivity contribution in [2.45, 2.75) is 58.3 Å². The minimum atomic E-state index is 0.494. The molecule has 1 aliphatic carbocycles. The van der Waals surface area contributed by atoms with Crippen LogP contribution in [0.15, 0.2) is 6.20 Å². The van der Waals surface area contributed by atoms with Crippen LogP contribution in [0.2, 0.25) is 0 Å². The van der Waals surface area contributed by atoms with Crippen LogP contribution in [0.3, 0.4) is 0 Å². The van der Waals surface area contributed by atoms with Gasteiger partial charge in [-0.3, -0.25) is 9.97 Å². The third kappa shape index (κ3) is 2.55. The number of aryl methyl sites for hydroxylation is 2. The molecule has 0 fully saturated rings. The van der Waals surface area contributed by atoms with Crippen molar-refractivity contribution < 1.29 is 0 Å². The zero-order valence-electron chi connectivity index (χ0n) is 9.79. The highest BCUT2D eigenvalue weighted by atomic mass is 14.8. The van der Waals surface area contributed by atoms with Gasteiger partial charge in [-0.2, -0.15) is 0 Å². The summed E-state index contributed by atoms with van der Waals surface area (Å²) in [5.74, 6) is 0.494. The molecule has 2 rings (SSSR count). The third-order valence-electron chi connectivity index (χ3n) is 3.12. The van der Waals surface area contributed by atoms with E-state index in [1.54, 1.807) is 0 Å². The summed E-state index contributed by atoms with van der Waals surface area (Å²) in [6.45, 7) is 4.36. The third-order valence-corrected chi connectivity index (χ3v) is 3.12. The van der Waals surface area contributed by atoms with Crippen LogP contribution in [0, 0.1) is 0 Å². The van der Waals surface area contributed by atoms with Gasteiger partial charge in [-0.05, 0) is 31.6 Å². The van der Waals surface area contributed by atoms with Crippen LogP contribution in [0.5, 0.6) is 0 Å². The number of fused-ring (bicyclic) bond motifs is 1. The van der Waals surface area contributed by atoms with E-state index in [0.717, 1.165) is 18.5 Å². The molecule has 0 N–H and O–H groups in total. The molecule has 0 saturated carbocycles. The minimum Gasteiger partial charge on any atom is -0.257 e. The van der Waals surface area contributed by atoms with E-state index >= 15 is 0 Å². The zero-order valence-corrected chi connectivity index (χ0v) is 9.79. The van der Waals surface area contributed by atoms with Gasteiger partial charge in [-0.15, -0.1) is 0 Å². The smallest absolute Gasteiger partial charge is 0.0622 e. The van der Waals surface area contributed by atoms with Crippen LogP contribution in [0.4, 0.5) is 0 Å². The SMILES string of the molecule is CC(C)c1cnc2c(n1)CCCCCC2. The normalized spacial score (nSPS) is 17.0. The average molecular weight is 204 g/mol. The van der Waals surface area contributed by atoms with Gasteiger partial charge in [0.2, 0.25) is 0 Å². The number of nitrogens with zero attached hydrogens (tertiary/aromatic N) is 2. The summed E-state index contributed by atoms with van der Waals surface area (Å²) in [4.78, 5) is 9.33. The Hall–Kier alpha value is -0.920. The summed E-state index contributed by atoms with van der Waals surface area (Å²) in [5, 5.41) is 0. The Morgan fingerprint density at radius 3 is 2.33 bits per heavy atom. The molecule has 1 aromatic rings. The van der Waals surface area contributed by atoms with E-state index in [-0.39, 0.29) is 0 Å². The van der Waals surface area contributed by atoms with Crippen molar-refractivity contribution in [2.75, 3.05) is 0 Å². The Morgan fingerprint density at radius 2 is 1.67 bits per heavy atom. The van der Waals surface area contributed by atoms with Crippen molar-refractivity contribution in [3.63, 3.8) is 0 Å². The first-order valence-electron chi connectivity index (χ1n) is 6.12. The fourth-order valence-corrected chi connectivity index (χ4v) is 2.09. The number of aromatic nitrogens is 2. The summed E-state index contributed by atoms with van der Waals surface area (Å²) >= 11 is 0. The molecule has 1 aliphatic rings. The first kappa shape index (κ1) is 10.6. The highest BCUT2D eigenvalue weighted by Crippen LogP contribution is 2.19. The van der Waals surface area contributed by atoms with Gasteiger partial charge in [0, 0.05) is 6.20 Å². The van der Waals surface area contributed by atoms with E-state index in [2.05, 4.69) is 18.8 Å². The van der Waals surface area contributed by atoms with Crippen molar-refractivity contribution in [1.29, 1.82) is 0 Å². The monoisotopic (exact) mass is 204 g/mol. The predicted octanol–water partition coefficient (Wildman–Crippen LogP) is 3.26. The molecule has 82 valence electrons. The van der Waals surface area contributed by atoms with Gasteiger partial charge in [-0.25, -0.2) is 0 Å². The molecule has 15 heavy (non-hydrogen) atoms. The molecular formula is C13H20N2. The van der Waals surface area contributed by atoms with Gasteiger partial charge < -0.3 is 0 Å². The maximum absolute atomic E-state index is 4.75. The van der Waals surface area contributed by atoms with Crippen molar-refractivity contribution in [3.8, 4) is 0 Å². The summed E-state index contributed by atoms with van der Waals surface area (Å²) in [7, 11) is 0. The maximum Gasteiger partial charge on any atom is 0.0622 e. The van der Waals surface area contributed by atoms with Gasteiger partial charge in [0.05, 0.1) is 17.1 Å². The van der Waals surface area contributed by atoms with Crippen molar-refractivity contribution in [1.82, 2.24) is 9.97 Å². The van der Waals surface area contributed by atoms with E-state index in [9.17, 15) is 0 Å². The fourth-order valence-electron chi connectivity index (χ4n) is 2.09. The Morgan fingerprint density at radius 1 is 1.00 bits per heavy atom. The fraction of sp³-hybridized carbons (Fsp3) is 0.692. The van der Waals surface area contributed by atoms with E-state index in [0.29, 0.717) is 5.92 Å². The van der Waals surface area contributed by atoms with Crippen LogP contribution in [0.25, 0.3) is 0 Å². The van der Waals surface area contributed by atoms with Gasteiger partial charge in [0.1, 0.15) is 0 Å². The molecule has 1 aromatic heterocycles. The van der Waals surface area contributed by atoms with E-state index in [1.807, 2.05) is 6.20 Å². The molecule has 2 nitrogen and oxygen atoms in total. The molecule has 0 amide bonds. The molecule has 0 saturated heterocycles. The molecule has 1 heterocycles. The lowest BCUT2D eigenvalue weighted by Gasteiger charge is -2.14. The molecule has 0 unspecified atom stereocenters. The Kier molecular flexibility index (Phi) is 3.34. The molecule has 0 aliphatic heterocycles. The summed E-state index contributed by atoms with van der Waals surface area (Å²) < 4.78 is 0. The quantitative estimate of drug-likeness (QED) is 0.701. The van der Waals surface area contributed by atoms with Crippen LogP contribution in [-0.2, 0) is 12.8 Å². The lowest BCUT2D eigenvalue weighted by molar-refractivity contribution is 0.594. The highest BCUT2D eigenvalue weighted by Gasteiger charge is 2.11. The van der Waals surface area contributed by atoms with Gasteiger partial charge >= 0.3 is 0 Å². The lowest BCUT2D eigenvalue weighted by atomic mass is 10.00. The molecule has 2 heteroatoms. The maximum atomic E-state index is 4.75. The summed E-state index contributed by atoms with van der Waals surface area (Å²) in [5.41, 5.74) is 3.66. The molecular weight excluding hydrogens is 184 g/mol. The van der Waals surface area contributed by atoms with Crippen molar-refractivity contribution in [3.05, 3.63) is 23.3 Å². The van der Waals surface area contributed by atoms with Crippen LogP contribution < -0.4 is 0 Å². The van der Waals surface area contributed by atoms with E-state index in [4.69, 9.17) is 4.98 Å². The van der Waals surface area contributed by atoms with Crippen molar-refractivity contribution in [2.24, 2.45) is 0 Å². The molecule has 0 bridgehead atoms. The van der Waals surface area contributed by atoms with Gasteiger partial charge in [0.25, 0.3) is 0 Å².